The van der Waals surface area contributed by atoms with E-state index in [-0.39, 0.29) is 11.8 Å². The van der Waals surface area contributed by atoms with Crippen molar-refractivity contribution in [2.75, 3.05) is 11.6 Å². The second-order valence-corrected chi connectivity index (χ2v) is 5.47. The molecule has 1 atom stereocenters. The van der Waals surface area contributed by atoms with Gasteiger partial charge in [0.05, 0.1) is 17.3 Å². The molecule has 1 aliphatic rings. The molecule has 1 aromatic carbocycles. The van der Waals surface area contributed by atoms with E-state index in [1.165, 1.54) is 5.56 Å². The third-order valence-corrected chi connectivity index (χ3v) is 3.80. The van der Waals surface area contributed by atoms with Crippen LogP contribution < -0.4 is 10.7 Å². The van der Waals surface area contributed by atoms with Gasteiger partial charge in [-0.15, -0.1) is 0 Å². The summed E-state index contributed by atoms with van der Waals surface area (Å²) in [6.07, 6.45) is 1.46. The highest BCUT2D eigenvalue weighted by molar-refractivity contribution is 6.15. The van der Waals surface area contributed by atoms with Gasteiger partial charge in [0.1, 0.15) is 0 Å². The minimum Gasteiger partial charge on any atom is -0.330 e. The molecule has 4 nitrogen and oxygen atoms in total. The van der Waals surface area contributed by atoms with Gasteiger partial charge in [-0.2, -0.15) is 10.1 Å². The molecule has 0 saturated carbocycles. The first kappa shape index (κ1) is 14.7. The van der Waals surface area contributed by atoms with Crippen LogP contribution in [-0.2, 0) is 4.79 Å². The normalized spacial score (nSPS) is 18.6. The molecule has 0 aliphatic carbocycles. The summed E-state index contributed by atoms with van der Waals surface area (Å²) in [5, 5.41) is 6.14. The van der Waals surface area contributed by atoms with Gasteiger partial charge in [0.25, 0.3) is 5.91 Å². The molecule has 2 rings (SSSR count). The predicted octanol–water partition coefficient (Wildman–Crippen LogP) is 2.69. The first-order chi connectivity index (χ1) is 9.49. The highest BCUT2D eigenvalue weighted by atomic mass is 16.2. The molecule has 1 aliphatic heterocycles. The Bertz CT molecular complexity index is 540. The molecule has 0 fully saturated rings. The minimum atomic E-state index is -0.148. The highest BCUT2D eigenvalue weighted by Crippen LogP contribution is 2.32. The Balaban J connectivity index is 2.44. The van der Waals surface area contributed by atoms with E-state index in [1.54, 1.807) is 5.01 Å². The quantitative estimate of drug-likeness (QED) is 0.917. The van der Waals surface area contributed by atoms with Crippen LogP contribution in [0.25, 0.3) is 0 Å². The van der Waals surface area contributed by atoms with E-state index in [9.17, 15) is 4.79 Å². The van der Waals surface area contributed by atoms with Crippen molar-refractivity contribution in [1.82, 2.24) is 0 Å². The van der Waals surface area contributed by atoms with Crippen LogP contribution in [0, 0.1) is 26.7 Å². The van der Waals surface area contributed by atoms with Gasteiger partial charge in [-0.25, -0.2) is 0 Å². The van der Waals surface area contributed by atoms with Crippen molar-refractivity contribution in [1.29, 1.82) is 0 Å². The second kappa shape index (κ2) is 5.75. The number of aryl methyl sites for hydroxylation is 3. The predicted molar refractivity (Wildman–Crippen MR) is 83.0 cm³/mol. The maximum Gasteiger partial charge on any atom is 0.256 e. The van der Waals surface area contributed by atoms with E-state index < -0.39 is 0 Å². The molecule has 1 amide bonds. The summed E-state index contributed by atoms with van der Waals surface area (Å²) < 4.78 is 0. The SMILES string of the molecule is CCC1=NN(c2c(C)cc(C)cc2C)C(=O)C1CCN. The Morgan fingerprint density at radius 1 is 1.25 bits per heavy atom. The topological polar surface area (TPSA) is 58.7 Å². The molecule has 0 bridgehead atoms. The Labute approximate surface area is 120 Å². The summed E-state index contributed by atoms with van der Waals surface area (Å²) in [5.41, 5.74) is 10.9. The molecule has 0 saturated heterocycles. The van der Waals surface area contributed by atoms with Crippen molar-refractivity contribution in [3.8, 4) is 0 Å². The molecule has 0 radical (unpaired) electrons. The lowest BCUT2D eigenvalue weighted by atomic mass is 9.97. The molecule has 1 heterocycles. The summed E-state index contributed by atoms with van der Waals surface area (Å²) in [5.74, 6) is -0.0903. The molecule has 0 spiro atoms. The van der Waals surface area contributed by atoms with E-state index in [4.69, 9.17) is 5.73 Å². The number of hydrogen-bond acceptors (Lipinski definition) is 3. The number of nitrogens with two attached hydrogens (primary N) is 1. The number of amides is 1. The van der Waals surface area contributed by atoms with Crippen LogP contribution in [0.2, 0.25) is 0 Å². The van der Waals surface area contributed by atoms with Gasteiger partial charge in [-0.05, 0) is 51.3 Å². The smallest absolute Gasteiger partial charge is 0.256 e. The first-order valence-electron chi connectivity index (χ1n) is 7.18. The van der Waals surface area contributed by atoms with E-state index in [0.29, 0.717) is 13.0 Å². The number of hydrazone groups is 1. The number of carbonyl (C=O) groups is 1. The van der Waals surface area contributed by atoms with Crippen molar-refractivity contribution in [2.24, 2.45) is 16.8 Å². The monoisotopic (exact) mass is 273 g/mol. The zero-order chi connectivity index (χ0) is 14.9. The van der Waals surface area contributed by atoms with Crippen molar-refractivity contribution in [2.45, 2.75) is 40.5 Å². The van der Waals surface area contributed by atoms with E-state index in [0.717, 1.165) is 28.9 Å². The number of benzene rings is 1. The summed E-state index contributed by atoms with van der Waals surface area (Å²) >= 11 is 0. The minimum absolute atomic E-state index is 0.0577. The van der Waals surface area contributed by atoms with E-state index in [2.05, 4.69) is 24.2 Å². The standard InChI is InChI=1S/C16H23N3O/c1-5-14-13(6-7-17)16(20)19(18-14)15-11(3)8-10(2)9-12(15)4/h8-9,13H,5-7,17H2,1-4H3. The average Bonchev–Trinajstić information content (AvgIpc) is 2.67. The molecule has 108 valence electrons. The fourth-order valence-electron chi connectivity index (χ4n) is 2.98. The fraction of sp³-hybridized carbons (Fsp3) is 0.500. The van der Waals surface area contributed by atoms with Gasteiger partial charge < -0.3 is 5.73 Å². The Morgan fingerprint density at radius 3 is 2.35 bits per heavy atom. The Hall–Kier alpha value is -1.68. The summed E-state index contributed by atoms with van der Waals surface area (Å²) in [4.78, 5) is 12.6. The van der Waals surface area contributed by atoms with Crippen molar-refractivity contribution >= 4 is 17.3 Å². The molecule has 20 heavy (non-hydrogen) atoms. The van der Waals surface area contributed by atoms with Crippen LogP contribution in [0.5, 0.6) is 0 Å². The van der Waals surface area contributed by atoms with Crippen molar-refractivity contribution in [3.63, 3.8) is 0 Å². The lowest BCUT2D eigenvalue weighted by Gasteiger charge is -2.19. The number of nitrogens with zero attached hydrogens (tertiary/aromatic N) is 2. The van der Waals surface area contributed by atoms with E-state index in [1.807, 2.05) is 20.8 Å². The van der Waals surface area contributed by atoms with Gasteiger partial charge in [0, 0.05) is 0 Å². The van der Waals surface area contributed by atoms with Crippen LogP contribution in [0.1, 0.15) is 36.5 Å². The van der Waals surface area contributed by atoms with Crippen LogP contribution in [0.4, 0.5) is 5.69 Å². The Kier molecular flexibility index (Phi) is 4.23. The summed E-state index contributed by atoms with van der Waals surface area (Å²) in [7, 11) is 0. The second-order valence-electron chi connectivity index (χ2n) is 5.47. The average molecular weight is 273 g/mol. The molecule has 1 aromatic rings. The van der Waals surface area contributed by atoms with Gasteiger partial charge in [0.15, 0.2) is 0 Å². The molecule has 4 heteroatoms. The molecule has 0 aromatic heterocycles. The molecule has 1 unspecified atom stereocenters. The fourth-order valence-corrected chi connectivity index (χ4v) is 2.98. The number of hydrogen-bond donors (Lipinski definition) is 1. The zero-order valence-corrected chi connectivity index (χ0v) is 12.7. The van der Waals surface area contributed by atoms with Crippen LogP contribution >= 0.6 is 0 Å². The summed E-state index contributed by atoms with van der Waals surface area (Å²) in [6.45, 7) is 8.66. The third-order valence-electron chi connectivity index (χ3n) is 3.80. The number of rotatable bonds is 4. The van der Waals surface area contributed by atoms with Crippen LogP contribution in [-0.4, -0.2) is 18.2 Å². The van der Waals surface area contributed by atoms with Crippen LogP contribution in [0.15, 0.2) is 17.2 Å². The van der Waals surface area contributed by atoms with Gasteiger partial charge in [-0.3, -0.25) is 4.79 Å². The van der Waals surface area contributed by atoms with Gasteiger partial charge in [-0.1, -0.05) is 24.6 Å². The van der Waals surface area contributed by atoms with Gasteiger partial charge >= 0.3 is 0 Å². The maximum atomic E-state index is 12.6. The largest absolute Gasteiger partial charge is 0.330 e. The van der Waals surface area contributed by atoms with Crippen molar-refractivity contribution < 1.29 is 4.79 Å². The molecular weight excluding hydrogens is 250 g/mol. The first-order valence-corrected chi connectivity index (χ1v) is 7.18. The van der Waals surface area contributed by atoms with Crippen molar-refractivity contribution in [3.05, 3.63) is 28.8 Å². The maximum absolute atomic E-state index is 12.6. The third kappa shape index (κ3) is 2.48. The lowest BCUT2D eigenvalue weighted by molar-refractivity contribution is -0.119. The zero-order valence-electron chi connectivity index (χ0n) is 12.7. The van der Waals surface area contributed by atoms with E-state index >= 15 is 0 Å². The Morgan fingerprint density at radius 2 is 1.85 bits per heavy atom. The lowest BCUT2D eigenvalue weighted by Crippen LogP contribution is -2.29. The van der Waals surface area contributed by atoms with Gasteiger partial charge in [0.2, 0.25) is 0 Å². The molecular formula is C16H23N3O. The van der Waals surface area contributed by atoms with Crippen LogP contribution in [0.3, 0.4) is 0 Å². The molecule has 2 N–H and O–H groups in total. The number of anilines is 1. The summed E-state index contributed by atoms with van der Waals surface area (Å²) in [6, 6.07) is 4.18. The highest BCUT2D eigenvalue weighted by Gasteiger charge is 2.36. The number of carbonyl (C=O) groups excluding carboxylic acids is 1.